The third-order valence-electron chi connectivity index (χ3n) is 2.61. The average Bonchev–Trinajstić information content (AvgIpc) is 2.78. The SMILES string of the molecule is CC(C)c1nnnn1Cc1ccc(C(=O)O)cc1. The van der Waals surface area contributed by atoms with Crippen molar-refractivity contribution in [3.05, 3.63) is 41.2 Å². The Morgan fingerprint density at radius 1 is 1.33 bits per heavy atom. The molecule has 18 heavy (non-hydrogen) atoms. The van der Waals surface area contributed by atoms with E-state index in [1.807, 2.05) is 13.8 Å². The van der Waals surface area contributed by atoms with E-state index in [4.69, 9.17) is 5.11 Å². The quantitative estimate of drug-likeness (QED) is 0.885. The third-order valence-corrected chi connectivity index (χ3v) is 2.61. The maximum Gasteiger partial charge on any atom is 0.335 e. The van der Waals surface area contributed by atoms with Gasteiger partial charge in [-0.05, 0) is 28.1 Å². The number of hydrogen-bond acceptors (Lipinski definition) is 4. The van der Waals surface area contributed by atoms with Crippen molar-refractivity contribution in [3.63, 3.8) is 0 Å². The van der Waals surface area contributed by atoms with Crippen LogP contribution in [0.15, 0.2) is 24.3 Å². The van der Waals surface area contributed by atoms with Gasteiger partial charge in [-0.25, -0.2) is 9.48 Å². The van der Waals surface area contributed by atoms with Gasteiger partial charge >= 0.3 is 5.97 Å². The van der Waals surface area contributed by atoms with Crippen LogP contribution in [0.2, 0.25) is 0 Å². The van der Waals surface area contributed by atoms with Crippen LogP contribution in [0.4, 0.5) is 0 Å². The van der Waals surface area contributed by atoms with Gasteiger partial charge in [0.15, 0.2) is 5.82 Å². The van der Waals surface area contributed by atoms with E-state index in [1.54, 1.807) is 28.9 Å². The molecule has 0 spiro atoms. The molecule has 1 N–H and O–H groups in total. The Kier molecular flexibility index (Phi) is 3.36. The fourth-order valence-electron chi connectivity index (χ4n) is 1.66. The second-order valence-electron chi connectivity index (χ2n) is 4.35. The monoisotopic (exact) mass is 246 g/mol. The first-order chi connectivity index (χ1) is 8.58. The van der Waals surface area contributed by atoms with Gasteiger partial charge in [-0.3, -0.25) is 0 Å². The summed E-state index contributed by atoms with van der Waals surface area (Å²) in [4.78, 5) is 10.7. The van der Waals surface area contributed by atoms with Gasteiger partial charge < -0.3 is 5.11 Å². The highest BCUT2D eigenvalue weighted by Crippen LogP contribution is 2.12. The summed E-state index contributed by atoms with van der Waals surface area (Å²) in [5.41, 5.74) is 1.24. The molecule has 2 rings (SSSR count). The largest absolute Gasteiger partial charge is 0.478 e. The Hall–Kier alpha value is -2.24. The van der Waals surface area contributed by atoms with Gasteiger partial charge in [0.05, 0.1) is 12.1 Å². The topological polar surface area (TPSA) is 80.9 Å². The second kappa shape index (κ2) is 4.95. The van der Waals surface area contributed by atoms with Crippen molar-refractivity contribution in [2.75, 3.05) is 0 Å². The van der Waals surface area contributed by atoms with Crippen LogP contribution in [-0.2, 0) is 6.54 Å². The molecule has 1 aromatic carbocycles. The highest BCUT2D eigenvalue weighted by molar-refractivity contribution is 5.87. The second-order valence-corrected chi connectivity index (χ2v) is 4.35. The van der Waals surface area contributed by atoms with E-state index in [-0.39, 0.29) is 11.5 Å². The van der Waals surface area contributed by atoms with E-state index in [1.165, 1.54) is 0 Å². The highest BCUT2D eigenvalue weighted by atomic mass is 16.4. The lowest BCUT2D eigenvalue weighted by molar-refractivity contribution is 0.0697. The first-order valence-electron chi connectivity index (χ1n) is 5.66. The molecule has 0 aliphatic rings. The Bertz CT molecular complexity index is 545. The zero-order chi connectivity index (χ0) is 13.1. The summed E-state index contributed by atoms with van der Waals surface area (Å²) in [6.45, 7) is 4.59. The highest BCUT2D eigenvalue weighted by Gasteiger charge is 2.10. The normalized spacial score (nSPS) is 10.8. The molecule has 6 nitrogen and oxygen atoms in total. The number of benzene rings is 1. The number of rotatable bonds is 4. The van der Waals surface area contributed by atoms with Crippen LogP contribution < -0.4 is 0 Å². The van der Waals surface area contributed by atoms with Gasteiger partial charge in [0.25, 0.3) is 0 Å². The molecule has 0 radical (unpaired) electrons. The van der Waals surface area contributed by atoms with Gasteiger partial charge in [0.2, 0.25) is 0 Å². The smallest absolute Gasteiger partial charge is 0.335 e. The number of carbonyl (C=O) groups is 1. The lowest BCUT2D eigenvalue weighted by atomic mass is 10.1. The van der Waals surface area contributed by atoms with Crippen LogP contribution >= 0.6 is 0 Å². The molecule has 0 atom stereocenters. The third kappa shape index (κ3) is 2.53. The fourth-order valence-corrected chi connectivity index (χ4v) is 1.66. The van der Waals surface area contributed by atoms with Crippen molar-refractivity contribution in [2.24, 2.45) is 0 Å². The van der Waals surface area contributed by atoms with Crippen LogP contribution in [0.25, 0.3) is 0 Å². The molecule has 0 saturated heterocycles. The molecule has 0 aliphatic carbocycles. The van der Waals surface area contributed by atoms with Crippen LogP contribution in [0.3, 0.4) is 0 Å². The van der Waals surface area contributed by atoms with E-state index < -0.39 is 5.97 Å². The van der Waals surface area contributed by atoms with E-state index in [0.29, 0.717) is 6.54 Å². The van der Waals surface area contributed by atoms with Crippen LogP contribution in [0.1, 0.15) is 41.5 Å². The number of carboxylic acid groups (broad SMARTS) is 1. The predicted octanol–water partition coefficient (Wildman–Crippen LogP) is 1.54. The van der Waals surface area contributed by atoms with Gasteiger partial charge in [-0.1, -0.05) is 26.0 Å². The molecule has 0 amide bonds. The Morgan fingerprint density at radius 2 is 2.00 bits per heavy atom. The molecule has 1 aromatic heterocycles. The molecule has 0 bridgehead atoms. The molecule has 2 aromatic rings. The standard InChI is InChI=1S/C12H14N4O2/c1-8(2)11-13-14-15-16(11)7-9-3-5-10(6-4-9)12(17)18/h3-6,8H,7H2,1-2H3,(H,17,18). The summed E-state index contributed by atoms with van der Waals surface area (Å²) in [6.07, 6.45) is 0. The van der Waals surface area contributed by atoms with Gasteiger partial charge in [-0.15, -0.1) is 5.10 Å². The van der Waals surface area contributed by atoms with Crippen LogP contribution in [0.5, 0.6) is 0 Å². The van der Waals surface area contributed by atoms with Crippen LogP contribution in [-0.4, -0.2) is 31.3 Å². The van der Waals surface area contributed by atoms with Crippen molar-refractivity contribution >= 4 is 5.97 Å². The zero-order valence-corrected chi connectivity index (χ0v) is 10.2. The van der Waals surface area contributed by atoms with Crippen molar-refractivity contribution < 1.29 is 9.90 Å². The summed E-state index contributed by atoms with van der Waals surface area (Å²) in [7, 11) is 0. The van der Waals surface area contributed by atoms with Gasteiger partial charge in [-0.2, -0.15) is 0 Å². The maximum absolute atomic E-state index is 10.7. The lowest BCUT2D eigenvalue weighted by Gasteiger charge is -2.07. The van der Waals surface area contributed by atoms with Crippen molar-refractivity contribution in [1.29, 1.82) is 0 Å². The van der Waals surface area contributed by atoms with Gasteiger partial charge in [0.1, 0.15) is 0 Å². The van der Waals surface area contributed by atoms with E-state index in [2.05, 4.69) is 15.5 Å². The van der Waals surface area contributed by atoms with Gasteiger partial charge in [0, 0.05) is 5.92 Å². The number of tetrazole rings is 1. The number of aromatic carboxylic acids is 1. The lowest BCUT2D eigenvalue weighted by Crippen LogP contribution is -2.08. The van der Waals surface area contributed by atoms with Crippen molar-refractivity contribution in [1.82, 2.24) is 20.2 Å². The molecule has 94 valence electrons. The van der Waals surface area contributed by atoms with Crippen LogP contribution in [0, 0.1) is 0 Å². The Balaban J connectivity index is 2.18. The molecule has 6 heteroatoms. The number of aromatic nitrogens is 4. The minimum Gasteiger partial charge on any atom is -0.478 e. The summed E-state index contributed by atoms with van der Waals surface area (Å²) >= 11 is 0. The summed E-state index contributed by atoms with van der Waals surface area (Å²) in [6, 6.07) is 6.71. The first kappa shape index (κ1) is 12.2. The minimum absolute atomic E-state index is 0.248. The molecule has 0 aliphatic heterocycles. The molecule has 0 saturated carbocycles. The zero-order valence-electron chi connectivity index (χ0n) is 10.2. The van der Waals surface area contributed by atoms with E-state index >= 15 is 0 Å². The van der Waals surface area contributed by atoms with E-state index in [0.717, 1.165) is 11.4 Å². The van der Waals surface area contributed by atoms with E-state index in [9.17, 15) is 4.79 Å². The molecule has 0 unspecified atom stereocenters. The maximum atomic E-state index is 10.7. The van der Waals surface area contributed by atoms with Crippen molar-refractivity contribution in [2.45, 2.75) is 26.3 Å². The molecule has 1 heterocycles. The number of carboxylic acids is 1. The summed E-state index contributed by atoms with van der Waals surface area (Å²) in [5, 5.41) is 20.4. The predicted molar refractivity (Wildman–Crippen MR) is 64.4 cm³/mol. The fraction of sp³-hybridized carbons (Fsp3) is 0.333. The molecule has 0 fully saturated rings. The molecular formula is C12H14N4O2. The summed E-state index contributed by atoms with van der Waals surface area (Å²) < 4.78 is 1.72. The molecular weight excluding hydrogens is 232 g/mol. The average molecular weight is 246 g/mol. The Labute approximate surface area is 104 Å². The summed E-state index contributed by atoms with van der Waals surface area (Å²) in [5.74, 6) is 0.141. The minimum atomic E-state index is -0.924. The van der Waals surface area contributed by atoms with Crippen molar-refractivity contribution in [3.8, 4) is 0 Å². The number of nitrogens with zero attached hydrogens (tertiary/aromatic N) is 4. The number of hydrogen-bond donors (Lipinski definition) is 1. The Morgan fingerprint density at radius 3 is 2.56 bits per heavy atom. The first-order valence-corrected chi connectivity index (χ1v) is 5.66.